The van der Waals surface area contributed by atoms with E-state index in [0.717, 1.165) is 5.56 Å². The summed E-state index contributed by atoms with van der Waals surface area (Å²) in [6.45, 7) is 0.149. The highest BCUT2D eigenvalue weighted by Gasteiger charge is 2.39. The van der Waals surface area contributed by atoms with Gasteiger partial charge in [0.2, 0.25) is 5.43 Å². The first-order chi connectivity index (χ1) is 18.8. The fraction of sp³-hybridized carbons (Fsp3) is 0.321. The van der Waals surface area contributed by atoms with Gasteiger partial charge in [-0.15, -0.1) is 0 Å². The van der Waals surface area contributed by atoms with Crippen molar-refractivity contribution < 1.29 is 32.2 Å². The van der Waals surface area contributed by atoms with Crippen molar-refractivity contribution in [2.45, 2.75) is 38.1 Å². The van der Waals surface area contributed by atoms with Crippen LogP contribution in [-0.2, 0) is 17.9 Å². The second-order valence-electron chi connectivity index (χ2n) is 9.55. The largest absolute Gasteiger partial charge is 0.483 e. The summed E-state index contributed by atoms with van der Waals surface area (Å²) in [5.41, 5.74) is -0.958. The highest BCUT2D eigenvalue weighted by molar-refractivity contribution is 5.99. The number of rotatable bonds is 7. The van der Waals surface area contributed by atoms with E-state index in [1.165, 1.54) is 6.20 Å². The average molecular weight is 542 g/mol. The number of nitrogens with zero attached hydrogens (tertiary/aromatic N) is 2. The van der Waals surface area contributed by atoms with Gasteiger partial charge in [-0.2, -0.15) is 0 Å². The molecule has 1 saturated heterocycles. The smallest absolute Gasteiger partial charge is 0.274 e. The molecule has 2 aliphatic heterocycles. The molecule has 1 N–H and O–H groups in total. The predicted molar refractivity (Wildman–Crippen MR) is 134 cm³/mol. The Bertz CT molecular complexity index is 1450. The van der Waals surface area contributed by atoms with Crippen LogP contribution in [0.1, 0.15) is 50.9 Å². The maximum atomic E-state index is 14.1. The standard InChI is InChI=1S/C28H26F3N3O5/c1-38-19-7-8-33-13-18(11-19)34-14-21(27(36)32-12-20-22(30)9-17(29)10-23(20)31)25(35)26(24(34)28(33)37)39-15-16-5-3-2-4-6-16/h2-6,9-10,14,18-19H,7-8,11-13,15H2,1H3,(H,32,36)/t18-,19-/m0/s1. The fourth-order valence-electron chi connectivity index (χ4n) is 5.03. The number of hydrogen-bond acceptors (Lipinski definition) is 5. The minimum atomic E-state index is -1.17. The summed E-state index contributed by atoms with van der Waals surface area (Å²) < 4.78 is 54.5. The molecule has 1 fully saturated rings. The Morgan fingerprint density at radius 3 is 2.51 bits per heavy atom. The van der Waals surface area contributed by atoms with Gasteiger partial charge in [-0.3, -0.25) is 14.4 Å². The third-order valence-electron chi connectivity index (χ3n) is 7.10. The van der Waals surface area contributed by atoms with Crippen molar-refractivity contribution in [1.29, 1.82) is 0 Å². The van der Waals surface area contributed by atoms with Crippen molar-refractivity contribution in [3.8, 4) is 5.75 Å². The summed E-state index contributed by atoms with van der Waals surface area (Å²) in [6, 6.07) is 9.72. The number of methoxy groups -OCH3 is 1. The van der Waals surface area contributed by atoms with Crippen LogP contribution in [0.5, 0.6) is 5.75 Å². The van der Waals surface area contributed by atoms with Crippen molar-refractivity contribution in [2.75, 3.05) is 20.2 Å². The van der Waals surface area contributed by atoms with E-state index in [9.17, 15) is 27.6 Å². The number of carbonyl (C=O) groups excluding carboxylic acids is 2. The molecule has 2 amide bonds. The van der Waals surface area contributed by atoms with Crippen molar-refractivity contribution in [3.63, 3.8) is 0 Å². The normalized spacial score (nSPS) is 18.4. The minimum absolute atomic E-state index is 0.0290. The van der Waals surface area contributed by atoms with E-state index in [1.54, 1.807) is 40.8 Å². The molecule has 1 aromatic heterocycles. The molecule has 0 aliphatic carbocycles. The highest BCUT2D eigenvalue weighted by atomic mass is 19.1. The van der Waals surface area contributed by atoms with Crippen molar-refractivity contribution in [2.24, 2.45) is 0 Å². The molecule has 2 aliphatic rings. The van der Waals surface area contributed by atoms with Gasteiger partial charge in [0.15, 0.2) is 11.4 Å². The van der Waals surface area contributed by atoms with Crippen LogP contribution in [-0.4, -0.2) is 47.6 Å². The molecule has 3 heterocycles. The molecule has 0 saturated carbocycles. The molecule has 11 heteroatoms. The van der Waals surface area contributed by atoms with Crippen LogP contribution in [0.15, 0.2) is 53.5 Å². The molecule has 5 rings (SSSR count). The first-order valence-electron chi connectivity index (χ1n) is 12.5. The number of ether oxygens (including phenoxy) is 2. The number of hydrogen-bond donors (Lipinski definition) is 1. The summed E-state index contributed by atoms with van der Waals surface area (Å²) in [5.74, 6) is -5.03. The van der Waals surface area contributed by atoms with Gasteiger partial charge in [0, 0.05) is 50.6 Å². The van der Waals surface area contributed by atoms with Gasteiger partial charge in [-0.25, -0.2) is 13.2 Å². The molecule has 204 valence electrons. The van der Waals surface area contributed by atoms with Gasteiger partial charge in [0.1, 0.15) is 29.6 Å². The Morgan fingerprint density at radius 1 is 1.10 bits per heavy atom. The molecule has 2 bridgehead atoms. The Labute approximate surface area is 221 Å². The Morgan fingerprint density at radius 2 is 1.82 bits per heavy atom. The summed E-state index contributed by atoms with van der Waals surface area (Å²) in [6.07, 6.45) is 2.28. The molecule has 0 spiro atoms. The molecule has 2 atom stereocenters. The van der Waals surface area contributed by atoms with Gasteiger partial charge in [-0.1, -0.05) is 30.3 Å². The molecule has 0 unspecified atom stereocenters. The van der Waals surface area contributed by atoms with E-state index in [2.05, 4.69) is 5.32 Å². The molecular weight excluding hydrogens is 515 g/mol. The van der Waals surface area contributed by atoms with Crippen LogP contribution in [0, 0.1) is 17.5 Å². The van der Waals surface area contributed by atoms with Gasteiger partial charge in [-0.05, 0) is 18.4 Å². The van der Waals surface area contributed by atoms with Crippen molar-refractivity contribution >= 4 is 11.8 Å². The second-order valence-corrected chi connectivity index (χ2v) is 9.55. The predicted octanol–water partition coefficient (Wildman–Crippen LogP) is 3.58. The lowest BCUT2D eigenvalue weighted by atomic mass is 10.0. The van der Waals surface area contributed by atoms with Crippen LogP contribution in [0.25, 0.3) is 0 Å². The lowest BCUT2D eigenvalue weighted by Crippen LogP contribution is -2.44. The monoisotopic (exact) mass is 541 g/mol. The number of amides is 2. The SMILES string of the molecule is CO[C@H]1CCN2C[C@H](C1)n1cc(C(=O)NCc3c(F)cc(F)cc3F)c(=O)c(OCc3ccccc3)c1C2=O. The van der Waals surface area contributed by atoms with Gasteiger partial charge in [0.05, 0.1) is 12.1 Å². The molecule has 39 heavy (non-hydrogen) atoms. The quantitative estimate of drug-likeness (QED) is 0.494. The van der Waals surface area contributed by atoms with E-state index in [1.807, 2.05) is 6.07 Å². The van der Waals surface area contributed by atoms with Crippen LogP contribution in [0.4, 0.5) is 13.2 Å². The number of aromatic nitrogens is 1. The topological polar surface area (TPSA) is 89.9 Å². The van der Waals surface area contributed by atoms with E-state index >= 15 is 0 Å². The summed E-state index contributed by atoms with van der Waals surface area (Å²) in [7, 11) is 1.59. The maximum absolute atomic E-state index is 14.1. The third-order valence-corrected chi connectivity index (χ3v) is 7.10. The molecular formula is C28H26F3N3O5. The number of nitrogens with one attached hydrogen (secondary N) is 1. The van der Waals surface area contributed by atoms with Crippen LogP contribution >= 0.6 is 0 Å². The van der Waals surface area contributed by atoms with Crippen LogP contribution in [0.2, 0.25) is 0 Å². The molecule has 8 nitrogen and oxygen atoms in total. The zero-order valence-corrected chi connectivity index (χ0v) is 21.1. The van der Waals surface area contributed by atoms with Crippen molar-refractivity contribution in [3.05, 3.63) is 98.7 Å². The minimum Gasteiger partial charge on any atom is -0.483 e. The highest BCUT2D eigenvalue weighted by Crippen LogP contribution is 2.33. The molecule has 2 aromatic carbocycles. The van der Waals surface area contributed by atoms with Crippen LogP contribution in [0.3, 0.4) is 0 Å². The average Bonchev–Trinajstić information content (AvgIpc) is 3.11. The molecule has 3 aromatic rings. The second kappa shape index (κ2) is 10.9. The Balaban J connectivity index is 1.54. The van der Waals surface area contributed by atoms with E-state index < -0.39 is 46.8 Å². The summed E-state index contributed by atoms with van der Waals surface area (Å²) >= 11 is 0. The fourth-order valence-corrected chi connectivity index (χ4v) is 5.03. The van der Waals surface area contributed by atoms with Gasteiger partial charge >= 0.3 is 0 Å². The van der Waals surface area contributed by atoms with Gasteiger partial charge < -0.3 is 24.3 Å². The number of carbonyl (C=O) groups is 2. The zero-order valence-electron chi connectivity index (χ0n) is 21.1. The van der Waals surface area contributed by atoms with Crippen molar-refractivity contribution in [1.82, 2.24) is 14.8 Å². The zero-order chi connectivity index (χ0) is 27.7. The number of fused-ring (bicyclic) bond motifs is 4. The first-order valence-corrected chi connectivity index (χ1v) is 12.5. The Hall–Kier alpha value is -4.12. The number of benzene rings is 2. The van der Waals surface area contributed by atoms with E-state index in [-0.39, 0.29) is 35.8 Å². The van der Waals surface area contributed by atoms with E-state index in [4.69, 9.17) is 9.47 Å². The lowest BCUT2D eigenvalue weighted by Gasteiger charge is -2.35. The summed E-state index contributed by atoms with van der Waals surface area (Å²) in [4.78, 5) is 41.9. The van der Waals surface area contributed by atoms with E-state index in [0.29, 0.717) is 38.1 Å². The molecule has 0 radical (unpaired) electrons. The third kappa shape index (κ3) is 5.26. The van der Waals surface area contributed by atoms with Gasteiger partial charge in [0.25, 0.3) is 11.8 Å². The maximum Gasteiger partial charge on any atom is 0.274 e. The first kappa shape index (κ1) is 26.5. The number of pyridine rings is 1. The number of halogens is 3. The summed E-state index contributed by atoms with van der Waals surface area (Å²) in [5, 5.41) is 2.33. The lowest BCUT2D eigenvalue weighted by molar-refractivity contribution is 0.0673. The van der Waals surface area contributed by atoms with Crippen LogP contribution < -0.4 is 15.5 Å². The Kier molecular flexibility index (Phi) is 7.42.